The number of carbonyl (C=O) groups excluding carboxylic acids is 1. The van der Waals surface area contributed by atoms with E-state index in [-0.39, 0.29) is 29.9 Å². The van der Waals surface area contributed by atoms with Crippen molar-refractivity contribution in [2.75, 3.05) is 25.5 Å². The number of nitrogens with zero attached hydrogens (tertiary/aromatic N) is 1. The van der Waals surface area contributed by atoms with E-state index in [1.54, 1.807) is 11.8 Å². The molecular weight excluding hydrogens is 226 g/mol. The molecule has 2 rings (SSSR count). The van der Waals surface area contributed by atoms with Gasteiger partial charge in [-0.2, -0.15) is 0 Å². The first-order valence-corrected chi connectivity index (χ1v) is 6.91. The van der Waals surface area contributed by atoms with E-state index in [9.17, 15) is 4.79 Å². The maximum atomic E-state index is 12.2. The minimum Gasteiger partial charge on any atom is -0.394 e. The highest BCUT2D eigenvalue weighted by Crippen LogP contribution is 2.29. The van der Waals surface area contributed by atoms with E-state index in [1.165, 1.54) is 0 Å². The minimum atomic E-state index is -0.202. The number of aliphatic hydroxyl groups excluding tert-OH is 1. The van der Waals surface area contributed by atoms with Gasteiger partial charge in [-0.3, -0.25) is 4.79 Å². The highest BCUT2D eigenvalue weighted by Gasteiger charge is 2.34. The maximum absolute atomic E-state index is 12.2. The van der Waals surface area contributed by atoms with Crippen LogP contribution in [0, 0.1) is 0 Å². The Kier molecular flexibility index (Phi) is 4.10. The third kappa shape index (κ3) is 2.52. The largest absolute Gasteiger partial charge is 0.394 e. The van der Waals surface area contributed by atoms with Gasteiger partial charge in [0.1, 0.15) is 0 Å². The lowest BCUT2D eigenvalue weighted by molar-refractivity contribution is -0.145. The molecule has 0 aromatic heterocycles. The van der Waals surface area contributed by atoms with Crippen molar-refractivity contribution in [2.24, 2.45) is 0 Å². The molecule has 2 aliphatic rings. The third-order valence-electron chi connectivity index (χ3n) is 3.20. The molecule has 1 N–H and O–H groups in total. The van der Waals surface area contributed by atoms with Gasteiger partial charge in [0, 0.05) is 6.54 Å². The van der Waals surface area contributed by atoms with E-state index in [2.05, 4.69) is 0 Å². The van der Waals surface area contributed by atoms with E-state index in [0.29, 0.717) is 13.2 Å². The monoisotopic (exact) mass is 245 g/mol. The van der Waals surface area contributed by atoms with E-state index in [4.69, 9.17) is 9.84 Å². The van der Waals surface area contributed by atoms with Gasteiger partial charge >= 0.3 is 0 Å². The Morgan fingerprint density at radius 1 is 1.62 bits per heavy atom. The number of amides is 1. The summed E-state index contributed by atoms with van der Waals surface area (Å²) in [6.45, 7) is 3.07. The summed E-state index contributed by atoms with van der Waals surface area (Å²) in [6.07, 6.45) is 1.94. The number of ether oxygens (including phenoxy) is 1. The first kappa shape index (κ1) is 12.2. The van der Waals surface area contributed by atoms with Crippen LogP contribution in [0.1, 0.15) is 19.8 Å². The second-order valence-electron chi connectivity index (χ2n) is 4.48. The average molecular weight is 245 g/mol. The van der Waals surface area contributed by atoms with Crippen LogP contribution in [0.5, 0.6) is 0 Å². The summed E-state index contributed by atoms with van der Waals surface area (Å²) in [5, 5.41) is 9.21. The average Bonchev–Trinajstić information content (AvgIpc) is 2.82. The Balaban J connectivity index is 1.97. The number of hydrogen-bond donors (Lipinski definition) is 1. The molecule has 5 heteroatoms. The van der Waals surface area contributed by atoms with E-state index in [1.807, 2.05) is 11.8 Å². The van der Waals surface area contributed by atoms with Gasteiger partial charge in [-0.25, -0.2) is 0 Å². The standard InChI is InChI=1S/C11H19NO3S/c1-8-7-15-9(6-13)5-12(8)11(14)10-3-2-4-16-10/h8-10,13H,2-7H2,1H3. The molecule has 0 radical (unpaired) electrons. The molecule has 3 atom stereocenters. The van der Waals surface area contributed by atoms with Gasteiger partial charge < -0.3 is 14.7 Å². The first-order chi connectivity index (χ1) is 7.72. The van der Waals surface area contributed by atoms with Gasteiger partial charge in [0.25, 0.3) is 0 Å². The Morgan fingerprint density at radius 2 is 2.44 bits per heavy atom. The molecule has 0 saturated carbocycles. The normalized spacial score (nSPS) is 35.4. The smallest absolute Gasteiger partial charge is 0.236 e. The van der Waals surface area contributed by atoms with Crippen LogP contribution in [0.3, 0.4) is 0 Å². The zero-order chi connectivity index (χ0) is 11.5. The Bertz CT molecular complexity index is 256. The molecule has 0 aromatic carbocycles. The van der Waals surface area contributed by atoms with Crippen LogP contribution in [-0.2, 0) is 9.53 Å². The highest BCUT2D eigenvalue weighted by atomic mass is 32.2. The molecule has 2 heterocycles. The molecule has 0 bridgehead atoms. The molecule has 4 nitrogen and oxygen atoms in total. The molecule has 1 amide bonds. The van der Waals surface area contributed by atoms with Gasteiger partial charge in [0.05, 0.1) is 30.6 Å². The number of morpholine rings is 1. The molecule has 2 fully saturated rings. The van der Waals surface area contributed by atoms with Gasteiger partial charge in [-0.05, 0) is 25.5 Å². The molecule has 92 valence electrons. The van der Waals surface area contributed by atoms with Crippen molar-refractivity contribution in [3.63, 3.8) is 0 Å². The minimum absolute atomic E-state index is 0.00565. The Morgan fingerprint density at radius 3 is 3.06 bits per heavy atom. The van der Waals surface area contributed by atoms with Crippen LogP contribution in [-0.4, -0.2) is 58.8 Å². The lowest BCUT2D eigenvalue weighted by atomic mass is 10.1. The summed E-state index contributed by atoms with van der Waals surface area (Å²) in [5.74, 6) is 1.33. The van der Waals surface area contributed by atoms with E-state index >= 15 is 0 Å². The summed E-state index contributed by atoms with van der Waals surface area (Å²) in [6, 6.07) is 0.136. The number of thioether (sulfide) groups is 1. The summed E-state index contributed by atoms with van der Waals surface area (Å²) < 4.78 is 5.43. The van der Waals surface area contributed by atoms with Crippen molar-refractivity contribution >= 4 is 17.7 Å². The van der Waals surface area contributed by atoms with Crippen molar-refractivity contribution < 1.29 is 14.6 Å². The zero-order valence-corrected chi connectivity index (χ0v) is 10.4. The number of hydrogen-bond acceptors (Lipinski definition) is 4. The van der Waals surface area contributed by atoms with Gasteiger partial charge in [-0.1, -0.05) is 0 Å². The van der Waals surface area contributed by atoms with Gasteiger partial charge in [0.15, 0.2) is 0 Å². The fraction of sp³-hybridized carbons (Fsp3) is 0.909. The quantitative estimate of drug-likeness (QED) is 0.769. The van der Waals surface area contributed by atoms with Crippen LogP contribution in [0.25, 0.3) is 0 Å². The van der Waals surface area contributed by atoms with Crippen LogP contribution in [0.15, 0.2) is 0 Å². The third-order valence-corrected chi connectivity index (χ3v) is 4.56. The molecule has 16 heavy (non-hydrogen) atoms. The van der Waals surface area contributed by atoms with Crippen LogP contribution >= 0.6 is 11.8 Å². The summed E-state index contributed by atoms with van der Waals surface area (Å²) in [5.41, 5.74) is 0. The molecule has 2 aliphatic heterocycles. The number of aliphatic hydroxyl groups is 1. The molecule has 0 aliphatic carbocycles. The summed E-state index contributed by atoms with van der Waals surface area (Å²) >= 11 is 1.76. The predicted octanol–water partition coefficient (Wildman–Crippen LogP) is 0.490. The summed E-state index contributed by atoms with van der Waals surface area (Å²) in [4.78, 5) is 14.1. The Labute approximate surface area is 100 Å². The molecular formula is C11H19NO3S. The number of carbonyl (C=O) groups is 1. The summed E-state index contributed by atoms with van der Waals surface area (Å²) in [7, 11) is 0. The van der Waals surface area contributed by atoms with Crippen molar-refractivity contribution in [3.8, 4) is 0 Å². The molecule has 3 unspecified atom stereocenters. The number of rotatable bonds is 2. The van der Waals surface area contributed by atoms with Gasteiger partial charge in [-0.15, -0.1) is 11.8 Å². The highest BCUT2D eigenvalue weighted by molar-refractivity contribution is 8.00. The van der Waals surface area contributed by atoms with E-state index in [0.717, 1.165) is 18.6 Å². The maximum Gasteiger partial charge on any atom is 0.236 e. The first-order valence-electron chi connectivity index (χ1n) is 5.87. The fourth-order valence-corrected chi connectivity index (χ4v) is 3.42. The fourth-order valence-electron chi connectivity index (χ4n) is 2.19. The van der Waals surface area contributed by atoms with Crippen LogP contribution < -0.4 is 0 Å². The van der Waals surface area contributed by atoms with Gasteiger partial charge in [0.2, 0.25) is 5.91 Å². The zero-order valence-electron chi connectivity index (χ0n) is 9.59. The second kappa shape index (κ2) is 5.38. The lowest BCUT2D eigenvalue weighted by Crippen LogP contribution is -2.54. The molecule has 0 aromatic rings. The van der Waals surface area contributed by atoms with Crippen LogP contribution in [0.2, 0.25) is 0 Å². The van der Waals surface area contributed by atoms with E-state index < -0.39 is 0 Å². The lowest BCUT2D eigenvalue weighted by Gasteiger charge is -2.38. The predicted molar refractivity (Wildman–Crippen MR) is 63.5 cm³/mol. The SMILES string of the molecule is CC1COC(CO)CN1C(=O)C1CCCS1. The van der Waals surface area contributed by atoms with Crippen molar-refractivity contribution in [1.29, 1.82) is 0 Å². The topological polar surface area (TPSA) is 49.8 Å². The van der Waals surface area contributed by atoms with Crippen LogP contribution in [0.4, 0.5) is 0 Å². The second-order valence-corrected chi connectivity index (χ2v) is 5.79. The molecule has 0 spiro atoms. The molecule has 2 saturated heterocycles. The Hall–Kier alpha value is -0.260. The van der Waals surface area contributed by atoms with Crippen molar-refractivity contribution in [3.05, 3.63) is 0 Å². The van der Waals surface area contributed by atoms with Crippen molar-refractivity contribution in [1.82, 2.24) is 4.90 Å². The van der Waals surface area contributed by atoms with Crippen molar-refractivity contribution in [2.45, 2.75) is 37.2 Å².